The Bertz CT molecular complexity index is 800. The largest absolute Gasteiger partial charge is 0.497 e. The Kier molecular flexibility index (Phi) is 5.16. The minimum Gasteiger partial charge on any atom is -0.497 e. The molecule has 0 saturated carbocycles. The van der Waals surface area contributed by atoms with Gasteiger partial charge >= 0.3 is 0 Å². The quantitative estimate of drug-likeness (QED) is 0.849. The summed E-state index contributed by atoms with van der Waals surface area (Å²) in [5.74, 6) is 2.03. The average Bonchev–Trinajstić information content (AvgIpc) is 3.40. The van der Waals surface area contributed by atoms with Crippen molar-refractivity contribution in [3.63, 3.8) is 0 Å². The van der Waals surface area contributed by atoms with Crippen LogP contribution in [0, 0.1) is 0 Å². The highest BCUT2D eigenvalue weighted by Gasteiger charge is 2.24. The molecule has 1 amide bonds. The summed E-state index contributed by atoms with van der Waals surface area (Å²) < 4.78 is 15.9. The van der Waals surface area contributed by atoms with Gasteiger partial charge in [-0.05, 0) is 61.8 Å². The van der Waals surface area contributed by atoms with Crippen molar-refractivity contribution >= 4 is 5.91 Å². The van der Waals surface area contributed by atoms with Crippen LogP contribution in [0.3, 0.4) is 0 Å². The van der Waals surface area contributed by atoms with E-state index in [9.17, 15) is 4.79 Å². The Morgan fingerprint density at radius 2 is 1.85 bits per heavy atom. The van der Waals surface area contributed by atoms with E-state index in [1.165, 1.54) is 18.4 Å². The second-order valence-electron chi connectivity index (χ2n) is 6.81. The van der Waals surface area contributed by atoms with Gasteiger partial charge in [0.25, 0.3) is 5.91 Å². The zero-order chi connectivity index (χ0) is 18.6. The van der Waals surface area contributed by atoms with Crippen molar-refractivity contribution in [2.45, 2.75) is 18.9 Å². The fourth-order valence-electron chi connectivity index (χ4n) is 3.67. The van der Waals surface area contributed by atoms with Crippen LogP contribution in [0.4, 0.5) is 0 Å². The zero-order valence-corrected chi connectivity index (χ0v) is 15.4. The highest BCUT2D eigenvalue weighted by atomic mass is 16.7. The summed E-state index contributed by atoms with van der Waals surface area (Å²) in [5.41, 5.74) is 1.76. The molecule has 0 unspecified atom stereocenters. The van der Waals surface area contributed by atoms with Crippen LogP contribution in [0.15, 0.2) is 42.5 Å². The molecule has 0 bridgehead atoms. The van der Waals surface area contributed by atoms with Gasteiger partial charge in [0, 0.05) is 12.1 Å². The van der Waals surface area contributed by atoms with Crippen LogP contribution in [-0.4, -0.2) is 44.3 Å². The Morgan fingerprint density at radius 3 is 2.59 bits per heavy atom. The first kappa shape index (κ1) is 17.7. The fourth-order valence-corrected chi connectivity index (χ4v) is 3.67. The molecule has 1 saturated heterocycles. The summed E-state index contributed by atoms with van der Waals surface area (Å²) in [6, 6.07) is 13.5. The van der Waals surface area contributed by atoms with E-state index in [0.29, 0.717) is 23.6 Å². The number of fused-ring (bicyclic) bond motifs is 1. The van der Waals surface area contributed by atoms with Crippen LogP contribution in [0.25, 0.3) is 0 Å². The standard InChI is InChI=1S/C21H24N2O4/c1-25-17-7-4-15(5-8-17)18(23-10-2-3-11-23)13-22-21(24)16-6-9-19-20(12-16)27-14-26-19/h4-9,12,18H,2-3,10-11,13-14H2,1H3,(H,22,24)/t18-/m0/s1. The van der Waals surface area contributed by atoms with E-state index in [-0.39, 0.29) is 18.7 Å². The van der Waals surface area contributed by atoms with Crippen molar-refractivity contribution in [3.05, 3.63) is 53.6 Å². The number of hydrogen-bond acceptors (Lipinski definition) is 5. The van der Waals surface area contributed by atoms with Gasteiger partial charge in [0.15, 0.2) is 11.5 Å². The van der Waals surface area contributed by atoms with Gasteiger partial charge in [-0.2, -0.15) is 0 Å². The summed E-state index contributed by atoms with van der Waals surface area (Å²) in [4.78, 5) is 15.1. The SMILES string of the molecule is COc1ccc([C@H](CNC(=O)c2ccc3c(c2)OCO3)N2CCCC2)cc1. The number of methoxy groups -OCH3 is 1. The minimum atomic E-state index is -0.106. The lowest BCUT2D eigenvalue weighted by Gasteiger charge is -2.28. The summed E-state index contributed by atoms with van der Waals surface area (Å²) in [7, 11) is 1.67. The lowest BCUT2D eigenvalue weighted by atomic mass is 10.0. The first-order chi connectivity index (χ1) is 13.2. The maximum absolute atomic E-state index is 12.6. The van der Waals surface area contributed by atoms with Gasteiger partial charge in [0.05, 0.1) is 13.2 Å². The Balaban J connectivity index is 1.47. The number of carbonyl (C=O) groups excluding carboxylic acids is 1. The molecule has 1 N–H and O–H groups in total. The van der Waals surface area contributed by atoms with Crippen LogP contribution < -0.4 is 19.5 Å². The predicted molar refractivity (Wildman–Crippen MR) is 101 cm³/mol. The third-order valence-electron chi connectivity index (χ3n) is 5.17. The number of benzene rings is 2. The molecule has 1 fully saturated rings. The molecule has 1 atom stereocenters. The van der Waals surface area contributed by atoms with Gasteiger partial charge in [-0.25, -0.2) is 0 Å². The fraction of sp³-hybridized carbons (Fsp3) is 0.381. The van der Waals surface area contributed by atoms with Crippen LogP contribution >= 0.6 is 0 Å². The summed E-state index contributed by atoms with van der Waals surface area (Å²) >= 11 is 0. The maximum Gasteiger partial charge on any atom is 0.251 e. The predicted octanol–water partition coefficient (Wildman–Crippen LogP) is 2.99. The van der Waals surface area contributed by atoms with E-state index in [4.69, 9.17) is 14.2 Å². The van der Waals surface area contributed by atoms with Gasteiger partial charge < -0.3 is 19.5 Å². The lowest BCUT2D eigenvalue weighted by molar-refractivity contribution is 0.0937. The van der Waals surface area contributed by atoms with E-state index in [0.717, 1.165) is 18.8 Å². The molecule has 0 spiro atoms. The van der Waals surface area contributed by atoms with Gasteiger partial charge in [-0.3, -0.25) is 9.69 Å². The van der Waals surface area contributed by atoms with E-state index in [2.05, 4.69) is 22.3 Å². The van der Waals surface area contributed by atoms with Crippen molar-refractivity contribution in [3.8, 4) is 17.2 Å². The molecule has 2 heterocycles. The lowest BCUT2D eigenvalue weighted by Crippen LogP contribution is -2.36. The van der Waals surface area contributed by atoms with Crippen molar-refractivity contribution in [2.24, 2.45) is 0 Å². The molecule has 0 aromatic heterocycles. The number of carbonyl (C=O) groups is 1. The summed E-state index contributed by atoms with van der Waals surface area (Å²) in [6.07, 6.45) is 2.39. The van der Waals surface area contributed by atoms with Crippen molar-refractivity contribution in [1.82, 2.24) is 10.2 Å². The maximum atomic E-state index is 12.6. The number of amides is 1. The molecule has 142 valence electrons. The number of hydrogen-bond donors (Lipinski definition) is 1. The molecule has 2 aromatic rings. The molecule has 6 nitrogen and oxygen atoms in total. The molecule has 2 aliphatic heterocycles. The van der Waals surface area contributed by atoms with E-state index < -0.39 is 0 Å². The molecule has 2 aromatic carbocycles. The van der Waals surface area contributed by atoms with E-state index in [1.54, 1.807) is 25.3 Å². The van der Waals surface area contributed by atoms with Gasteiger partial charge in [-0.1, -0.05) is 12.1 Å². The van der Waals surface area contributed by atoms with Crippen molar-refractivity contribution in [1.29, 1.82) is 0 Å². The summed E-state index contributed by atoms with van der Waals surface area (Å²) in [5, 5.41) is 3.09. The number of likely N-dealkylation sites (tertiary alicyclic amines) is 1. The molecule has 2 aliphatic rings. The van der Waals surface area contributed by atoms with Crippen LogP contribution in [-0.2, 0) is 0 Å². The summed E-state index contributed by atoms with van der Waals surface area (Å²) in [6.45, 7) is 2.86. The third kappa shape index (κ3) is 3.85. The zero-order valence-electron chi connectivity index (χ0n) is 15.4. The Morgan fingerprint density at radius 1 is 1.11 bits per heavy atom. The number of nitrogens with one attached hydrogen (secondary N) is 1. The highest BCUT2D eigenvalue weighted by molar-refractivity contribution is 5.95. The minimum absolute atomic E-state index is 0.106. The molecular weight excluding hydrogens is 344 g/mol. The van der Waals surface area contributed by atoms with Crippen LogP contribution in [0.2, 0.25) is 0 Å². The second-order valence-corrected chi connectivity index (χ2v) is 6.81. The molecule has 6 heteroatoms. The van der Waals surface area contributed by atoms with Gasteiger partial charge in [-0.15, -0.1) is 0 Å². The molecule has 0 aliphatic carbocycles. The highest BCUT2D eigenvalue weighted by Crippen LogP contribution is 2.32. The van der Waals surface area contributed by atoms with Gasteiger partial charge in [0.2, 0.25) is 6.79 Å². The number of ether oxygens (including phenoxy) is 3. The first-order valence-corrected chi connectivity index (χ1v) is 9.30. The third-order valence-corrected chi connectivity index (χ3v) is 5.17. The second kappa shape index (κ2) is 7.88. The Hall–Kier alpha value is -2.73. The smallest absolute Gasteiger partial charge is 0.251 e. The van der Waals surface area contributed by atoms with Crippen molar-refractivity contribution in [2.75, 3.05) is 33.5 Å². The van der Waals surface area contributed by atoms with Crippen molar-refractivity contribution < 1.29 is 19.0 Å². The topological polar surface area (TPSA) is 60.0 Å². The molecular formula is C21H24N2O4. The Labute approximate surface area is 159 Å². The normalized spacial score (nSPS) is 16.9. The molecule has 4 rings (SSSR count). The molecule has 0 radical (unpaired) electrons. The average molecular weight is 368 g/mol. The monoisotopic (exact) mass is 368 g/mol. The van der Waals surface area contributed by atoms with Gasteiger partial charge in [0.1, 0.15) is 5.75 Å². The van der Waals surface area contributed by atoms with E-state index >= 15 is 0 Å². The number of rotatable bonds is 6. The number of nitrogens with zero attached hydrogens (tertiary/aromatic N) is 1. The van der Waals surface area contributed by atoms with Crippen LogP contribution in [0.5, 0.6) is 17.2 Å². The first-order valence-electron chi connectivity index (χ1n) is 9.30. The van der Waals surface area contributed by atoms with E-state index in [1.807, 2.05) is 12.1 Å². The van der Waals surface area contributed by atoms with Crippen LogP contribution in [0.1, 0.15) is 34.8 Å². The molecule has 27 heavy (non-hydrogen) atoms.